The van der Waals surface area contributed by atoms with E-state index >= 15 is 0 Å². The minimum Gasteiger partial charge on any atom is -0.345 e. The first-order valence-corrected chi connectivity index (χ1v) is 4.57. The smallest absolute Gasteiger partial charge is 0.111 e. The monoisotopic (exact) mass is 194 g/mol. The summed E-state index contributed by atoms with van der Waals surface area (Å²) in [6.45, 7) is 2.53. The molecular formula is C10H11ClN2. The molecule has 2 nitrogen and oxygen atoms in total. The Bertz CT molecular complexity index is 445. The van der Waals surface area contributed by atoms with Crippen molar-refractivity contribution in [2.45, 2.75) is 13.5 Å². The molecule has 0 fully saturated rings. The van der Waals surface area contributed by atoms with E-state index in [1.54, 1.807) is 0 Å². The van der Waals surface area contributed by atoms with Crippen LogP contribution < -0.4 is 5.73 Å². The van der Waals surface area contributed by atoms with Crippen LogP contribution in [0.15, 0.2) is 18.2 Å². The number of hydrogen-bond donors (Lipinski definition) is 2. The number of benzene rings is 1. The number of halogens is 1. The standard InChI is InChI=1S/C10H11ClN2/c1-6-3-2-4-7-8(5-12)10(11)13-9(6)7/h2-4,13H,5,12H2,1H3. The lowest BCUT2D eigenvalue weighted by atomic mass is 10.1. The van der Waals surface area contributed by atoms with Crippen LogP contribution in [-0.2, 0) is 6.54 Å². The van der Waals surface area contributed by atoms with Crippen LogP contribution in [0.2, 0.25) is 5.15 Å². The quantitative estimate of drug-likeness (QED) is 0.720. The van der Waals surface area contributed by atoms with E-state index in [2.05, 4.69) is 18.0 Å². The van der Waals surface area contributed by atoms with Crippen molar-refractivity contribution >= 4 is 22.5 Å². The van der Waals surface area contributed by atoms with Crippen LogP contribution in [0.3, 0.4) is 0 Å². The third-order valence-corrected chi connectivity index (χ3v) is 2.62. The molecule has 0 aliphatic rings. The van der Waals surface area contributed by atoms with Crippen molar-refractivity contribution in [3.63, 3.8) is 0 Å². The highest BCUT2D eigenvalue weighted by atomic mass is 35.5. The van der Waals surface area contributed by atoms with E-state index in [9.17, 15) is 0 Å². The largest absolute Gasteiger partial charge is 0.345 e. The SMILES string of the molecule is Cc1cccc2c(CN)c(Cl)[nH]c12. The number of nitrogens with one attached hydrogen (secondary N) is 1. The fourth-order valence-electron chi connectivity index (χ4n) is 1.59. The summed E-state index contributed by atoms with van der Waals surface area (Å²) in [5.41, 5.74) is 8.89. The summed E-state index contributed by atoms with van der Waals surface area (Å²) in [7, 11) is 0. The number of aryl methyl sites for hydroxylation is 1. The summed E-state index contributed by atoms with van der Waals surface area (Å²) in [5.74, 6) is 0. The summed E-state index contributed by atoms with van der Waals surface area (Å²) in [4.78, 5) is 3.13. The number of fused-ring (bicyclic) bond motifs is 1. The van der Waals surface area contributed by atoms with E-state index in [0.717, 1.165) is 16.5 Å². The average Bonchev–Trinajstić information content (AvgIpc) is 2.43. The van der Waals surface area contributed by atoms with Crippen molar-refractivity contribution in [2.75, 3.05) is 0 Å². The number of H-pyrrole nitrogens is 1. The predicted octanol–water partition coefficient (Wildman–Crippen LogP) is 2.59. The molecule has 68 valence electrons. The third kappa shape index (κ3) is 1.23. The molecule has 0 spiro atoms. The molecular weight excluding hydrogens is 184 g/mol. The second-order valence-electron chi connectivity index (χ2n) is 3.12. The Balaban J connectivity index is 2.86. The Kier molecular flexibility index (Phi) is 2.02. The Morgan fingerprint density at radius 1 is 1.46 bits per heavy atom. The molecule has 3 N–H and O–H groups in total. The van der Waals surface area contributed by atoms with Gasteiger partial charge in [0.1, 0.15) is 5.15 Å². The third-order valence-electron chi connectivity index (χ3n) is 2.30. The summed E-state index contributed by atoms with van der Waals surface area (Å²) in [5, 5.41) is 1.79. The maximum atomic E-state index is 6.00. The van der Waals surface area contributed by atoms with Crippen molar-refractivity contribution in [3.8, 4) is 0 Å². The second-order valence-corrected chi connectivity index (χ2v) is 3.50. The highest BCUT2D eigenvalue weighted by molar-refractivity contribution is 6.31. The average molecular weight is 195 g/mol. The first-order chi connectivity index (χ1) is 6.24. The van der Waals surface area contributed by atoms with Gasteiger partial charge in [-0.2, -0.15) is 0 Å². The number of nitrogens with two attached hydrogens (primary N) is 1. The van der Waals surface area contributed by atoms with Gasteiger partial charge in [-0.25, -0.2) is 0 Å². The molecule has 0 aliphatic carbocycles. The van der Waals surface area contributed by atoms with Crippen LogP contribution in [0.5, 0.6) is 0 Å². The van der Waals surface area contributed by atoms with E-state index in [4.69, 9.17) is 17.3 Å². The van der Waals surface area contributed by atoms with Crippen LogP contribution in [0, 0.1) is 6.92 Å². The van der Waals surface area contributed by atoms with Gasteiger partial charge in [0.15, 0.2) is 0 Å². The first-order valence-electron chi connectivity index (χ1n) is 4.19. The van der Waals surface area contributed by atoms with Gasteiger partial charge >= 0.3 is 0 Å². The van der Waals surface area contributed by atoms with Crippen LogP contribution in [0.4, 0.5) is 0 Å². The first kappa shape index (κ1) is 8.60. The van der Waals surface area contributed by atoms with Crippen molar-refractivity contribution < 1.29 is 0 Å². The zero-order valence-corrected chi connectivity index (χ0v) is 8.15. The Hall–Kier alpha value is -0.990. The van der Waals surface area contributed by atoms with Crippen molar-refractivity contribution in [1.29, 1.82) is 0 Å². The Morgan fingerprint density at radius 2 is 2.23 bits per heavy atom. The Morgan fingerprint density at radius 3 is 2.92 bits per heavy atom. The van der Waals surface area contributed by atoms with Gasteiger partial charge in [-0.3, -0.25) is 0 Å². The maximum absolute atomic E-state index is 6.00. The second kappa shape index (κ2) is 3.05. The summed E-state index contributed by atoms with van der Waals surface area (Å²) in [6.07, 6.45) is 0. The highest BCUT2D eigenvalue weighted by Gasteiger charge is 2.08. The molecule has 0 saturated carbocycles. The molecule has 1 heterocycles. The van der Waals surface area contributed by atoms with Gasteiger partial charge in [0.05, 0.1) is 0 Å². The molecule has 13 heavy (non-hydrogen) atoms. The fraction of sp³-hybridized carbons (Fsp3) is 0.200. The van der Waals surface area contributed by atoms with Gasteiger partial charge in [-0.05, 0) is 12.5 Å². The lowest BCUT2D eigenvalue weighted by Crippen LogP contribution is -1.95. The van der Waals surface area contributed by atoms with Gasteiger partial charge in [0.2, 0.25) is 0 Å². The predicted molar refractivity (Wildman–Crippen MR) is 55.9 cm³/mol. The number of rotatable bonds is 1. The molecule has 0 bridgehead atoms. The van der Waals surface area contributed by atoms with Gasteiger partial charge in [0.25, 0.3) is 0 Å². The van der Waals surface area contributed by atoms with E-state index in [1.165, 1.54) is 5.56 Å². The molecule has 2 aromatic rings. The van der Waals surface area contributed by atoms with Crippen molar-refractivity contribution in [3.05, 3.63) is 34.5 Å². The van der Waals surface area contributed by atoms with Crippen LogP contribution in [0.25, 0.3) is 10.9 Å². The van der Waals surface area contributed by atoms with Gasteiger partial charge in [0, 0.05) is 23.0 Å². The molecule has 0 atom stereocenters. The number of aromatic nitrogens is 1. The fourth-order valence-corrected chi connectivity index (χ4v) is 1.86. The van der Waals surface area contributed by atoms with E-state index in [-0.39, 0.29) is 0 Å². The van der Waals surface area contributed by atoms with E-state index in [1.807, 2.05) is 12.1 Å². The van der Waals surface area contributed by atoms with Crippen molar-refractivity contribution in [1.82, 2.24) is 4.98 Å². The molecule has 0 radical (unpaired) electrons. The number of para-hydroxylation sites is 1. The lowest BCUT2D eigenvalue weighted by Gasteiger charge is -1.95. The zero-order valence-electron chi connectivity index (χ0n) is 7.39. The number of aromatic amines is 1. The zero-order chi connectivity index (χ0) is 9.42. The molecule has 0 aliphatic heterocycles. The van der Waals surface area contributed by atoms with Gasteiger partial charge in [-0.15, -0.1) is 0 Å². The summed E-state index contributed by atoms with van der Waals surface area (Å²) >= 11 is 6.00. The molecule has 3 heteroatoms. The van der Waals surface area contributed by atoms with Crippen LogP contribution in [-0.4, -0.2) is 4.98 Å². The minimum atomic E-state index is 0.474. The minimum absolute atomic E-state index is 0.474. The summed E-state index contributed by atoms with van der Waals surface area (Å²) in [6, 6.07) is 6.10. The van der Waals surface area contributed by atoms with E-state index in [0.29, 0.717) is 11.7 Å². The molecule has 1 aromatic carbocycles. The van der Waals surface area contributed by atoms with Gasteiger partial charge in [-0.1, -0.05) is 29.8 Å². The molecule has 2 rings (SSSR count). The topological polar surface area (TPSA) is 41.8 Å². The normalized spacial score (nSPS) is 11.0. The van der Waals surface area contributed by atoms with Crippen LogP contribution in [0.1, 0.15) is 11.1 Å². The Labute approximate surface area is 81.7 Å². The lowest BCUT2D eigenvalue weighted by molar-refractivity contribution is 1.08. The molecule has 1 aromatic heterocycles. The van der Waals surface area contributed by atoms with Gasteiger partial charge < -0.3 is 10.7 Å². The van der Waals surface area contributed by atoms with E-state index < -0.39 is 0 Å². The van der Waals surface area contributed by atoms with Crippen molar-refractivity contribution in [2.24, 2.45) is 5.73 Å². The molecule has 0 saturated heterocycles. The molecule has 0 unspecified atom stereocenters. The maximum Gasteiger partial charge on any atom is 0.111 e. The highest BCUT2D eigenvalue weighted by Crippen LogP contribution is 2.27. The molecule has 0 amide bonds. The summed E-state index contributed by atoms with van der Waals surface area (Å²) < 4.78 is 0. The number of hydrogen-bond acceptors (Lipinski definition) is 1. The van der Waals surface area contributed by atoms with Crippen LogP contribution >= 0.6 is 11.6 Å².